The first-order valence-electron chi connectivity index (χ1n) is 7.13. The second kappa shape index (κ2) is 7.47. The third-order valence-electron chi connectivity index (χ3n) is 3.12. The van der Waals surface area contributed by atoms with Gasteiger partial charge in [-0.1, -0.05) is 6.07 Å². The first-order valence-corrected chi connectivity index (χ1v) is 7.13. The number of benzene rings is 1. The van der Waals surface area contributed by atoms with Crippen molar-refractivity contribution in [3.8, 4) is 11.5 Å². The van der Waals surface area contributed by atoms with E-state index >= 15 is 0 Å². The van der Waals surface area contributed by atoms with E-state index in [4.69, 9.17) is 14.6 Å². The molecule has 1 aliphatic rings. The summed E-state index contributed by atoms with van der Waals surface area (Å²) in [5, 5.41) is 21.6. The molecule has 112 valence electrons. The minimum absolute atomic E-state index is 0.0518. The maximum absolute atomic E-state index is 9.32. The maximum atomic E-state index is 9.32. The first-order chi connectivity index (χ1) is 9.72. The molecule has 0 amide bonds. The number of aliphatic hydroxyl groups is 2. The zero-order valence-corrected chi connectivity index (χ0v) is 11.8. The molecule has 5 nitrogen and oxygen atoms in total. The van der Waals surface area contributed by atoms with Gasteiger partial charge in [0.25, 0.3) is 0 Å². The van der Waals surface area contributed by atoms with Gasteiger partial charge < -0.3 is 25.0 Å². The Labute approximate surface area is 119 Å². The van der Waals surface area contributed by atoms with Gasteiger partial charge in [-0.25, -0.2) is 0 Å². The van der Waals surface area contributed by atoms with Gasteiger partial charge in [-0.2, -0.15) is 0 Å². The maximum Gasteiger partial charge on any atom is 0.161 e. The first kappa shape index (κ1) is 15.1. The summed E-state index contributed by atoms with van der Waals surface area (Å²) in [6.45, 7) is 3.04. The van der Waals surface area contributed by atoms with Crippen LogP contribution in [-0.4, -0.2) is 42.2 Å². The molecule has 0 spiro atoms. The number of hydrogen-bond acceptors (Lipinski definition) is 5. The molecule has 1 aromatic rings. The highest BCUT2D eigenvalue weighted by Crippen LogP contribution is 2.29. The van der Waals surface area contributed by atoms with Crippen LogP contribution in [0.2, 0.25) is 0 Å². The van der Waals surface area contributed by atoms with E-state index in [1.165, 1.54) is 12.8 Å². The lowest BCUT2D eigenvalue weighted by Gasteiger charge is -2.15. The molecule has 3 N–H and O–H groups in total. The average Bonchev–Trinajstić information content (AvgIpc) is 3.28. The fourth-order valence-electron chi connectivity index (χ4n) is 1.84. The van der Waals surface area contributed by atoms with Crippen LogP contribution in [0.3, 0.4) is 0 Å². The highest BCUT2D eigenvalue weighted by atomic mass is 16.5. The zero-order chi connectivity index (χ0) is 14.4. The summed E-state index contributed by atoms with van der Waals surface area (Å²) in [4.78, 5) is 0. The number of rotatable bonds is 9. The Hall–Kier alpha value is -1.30. The lowest BCUT2D eigenvalue weighted by molar-refractivity contribution is 0.0525. The quantitative estimate of drug-likeness (QED) is 0.631. The number of ether oxygens (including phenoxy) is 2. The second-order valence-corrected chi connectivity index (χ2v) is 5.02. The average molecular weight is 281 g/mol. The van der Waals surface area contributed by atoms with Crippen molar-refractivity contribution in [2.45, 2.75) is 38.5 Å². The minimum Gasteiger partial charge on any atom is -0.490 e. The molecule has 1 aliphatic carbocycles. The highest BCUT2D eigenvalue weighted by Gasteiger charge is 2.20. The topological polar surface area (TPSA) is 71.0 Å². The SMILES string of the molecule is CCOc1cc(CNC2CC2)ccc1OCC(O)CO. The summed E-state index contributed by atoms with van der Waals surface area (Å²) in [6, 6.07) is 6.46. The van der Waals surface area contributed by atoms with Crippen LogP contribution in [0.4, 0.5) is 0 Å². The summed E-state index contributed by atoms with van der Waals surface area (Å²) < 4.78 is 11.0. The van der Waals surface area contributed by atoms with E-state index in [9.17, 15) is 5.11 Å². The largest absolute Gasteiger partial charge is 0.490 e. The normalized spacial score (nSPS) is 15.9. The van der Waals surface area contributed by atoms with E-state index in [1.807, 2.05) is 25.1 Å². The van der Waals surface area contributed by atoms with E-state index in [0.717, 1.165) is 12.1 Å². The third-order valence-corrected chi connectivity index (χ3v) is 3.12. The van der Waals surface area contributed by atoms with Crippen LogP contribution >= 0.6 is 0 Å². The third kappa shape index (κ3) is 4.67. The Bertz CT molecular complexity index is 420. The molecule has 2 rings (SSSR count). The standard InChI is InChI=1S/C15H23NO4/c1-2-19-15-7-11(8-16-12-4-5-12)3-6-14(15)20-10-13(18)9-17/h3,6-7,12-13,16-18H,2,4-5,8-10H2,1H3. The highest BCUT2D eigenvalue weighted by molar-refractivity contribution is 5.43. The number of nitrogens with one attached hydrogen (secondary N) is 1. The van der Waals surface area contributed by atoms with Gasteiger partial charge in [-0.3, -0.25) is 0 Å². The van der Waals surface area contributed by atoms with Crippen molar-refractivity contribution in [3.05, 3.63) is 23.8 Å². The van der Waals surface area contributed by atoms with Crippen LogP contribution in [0.15, 0.2) is 18.2 Å². The van der Waals surface area contributed by atoms with Crippen LogP contribution in [0, 0.1) is 0 Å². The molecular weight excluding hydrogens is 258 g/mol. The molecule has 1 unspecified atom stereocenters. The number of aliphatic hydroxyl groups excluding tert-OH is 2. The molecule has 0 aliphatic heterocycles. The number of hydrogen-bond donors (Lipinski definition) is 3. The molecular formula is C15H23NO4. The molecule has 1 atom stereocenters. The Kier molecular flexibility index (Phi) is 5.64. The van der Waals surface area contributed by atoms with Gasteiger partial charge in [0, 0.05) is 12.6 Å². The van der Waals surface area contributed by atoms with Crippen molar-refractivity contribution in [2.24, 2.45) is 0 Å². The molecule has 1 saturated carbocycles. The summed E-state index contributed by atoms with van der Waals surface area (Å²) in [5.41, 5.74) is 1.15. The van der Waals surface area contributed by atoms with Gasteiger partial charge >= 0.3 is 0 Å². The summed E-state index contributed by atoms with van der Waals surface area (Å²) in [7, 11) is 0. The van der Waals surface area contributed by atoms with Crippen molar-refractivity contribution >= 4 is 0 Å². The molecule has 0 saturated heterocycles. The molecule has 5 heteroatoms. The van der Waals surface area contributed by atoms with Crippen molar-refractivity contribution in [3.63, 3.8) is 0 Å². The van der Waals surface area contributed by atoms with E-state index in [0.29, 0.717) is 24.1 Å². The van der Waals surface area contributed by atoms with Gasteiger partial charge in [0.15, 0.2) is 11.5 Å². The van der Waals surface area contributed by atoms with Gasteiger partial charge in [-0.05, 0) is 37.5 Å². The van der Waals surface area contributed by atoms with Crippen LogP contribution in [0.25, 0.3) is 0 Å². The second-order valence-electron chi connectivity index (χ2n) is 5.02. The molecule has 0 aromatic heterocycles. The fraction of sp³-hybridized carbons (Fsp3) is 0.600. The predicted molar refractivity (Wildman–Crippen MR) is 76.1 cm³/mol. The Balaban J connectivity index is 1.97. The Morgan fingerprint density at radius 2 is 2.10 bits per heavy atom. The monoisotopic (exact) mass is 281 g/mol. The van der Waals surface area contributed by atoms with Gasteiger partial charge in [-0.15, -0.1) is 0 Å². The fourth-order valence-corrected chi connectivity index (χ4v) is 1.84. The van der Waals surface area contributed by atoms with Crippen molar-refractivity contribution in [2.75, 3.05) is 19.8 Å². The lowest BCUT2D eigenvalue weighted by Crippen LogP contribution is -2.21. The van der Waals surface area contributed by atoms with Crippen molar-refractivity contribution in [1.82, 2.24) is 5.32 Å². The van der Waals surface area contributed by atoms with Crippen LogP contribution in [-0.2, 0) is 6.54 Å². The van der Waals surface area contributed by atoms with E-state index < -0.39 is 6.10 Å². The summed E-state index contributed by atoms with van der Waals surface area (Å²) in [6.07, 6.45) is 1.65. The summed E-state index contributed by atoms with van der Waals surface area (Å²) in [5.74, 6) is 1.27. The molecule has 1 aromatic carbocycles. The Morgan fingerprint density at radius 3 is 2.75 bits per heavy atom. The molecule has 0 bridgehead atoms. The van der Waals surface area contributed by atoms with Crippen LogP contribution < -0.4 is 14.8 Å². The minimum atomic E-state index is -0.874. The van der Waals surface area contributed by atoms with Crippen molar-refractivity contribution in [1.29, 1.82) is 0 Å². The molecule has 0 heterocycles. The predicted octanol–water partition coefficient (Wildman–Crippen LogP) is 1.07. The van der Waals surface area contributed by atoms with Gasteiger partial charge in [0.05, 0.1) is 13.2 Å². The van der Waals surface area contributed by atoms with E-state index in [-0.39, 0.29) is 13.2 Å². The Morgan fingerprint density at radius 1 is 1.30 bits per heavy atom. The van der Waals surface area contributed by atoms with Crippen LogP contribution in [0.1, 0.15) is 25.3 Å². The molecule has 20 heavy (non-hydrogen) atoms. The van der Waals surface area contributed by atoms with E-state index in [1.54, 1.807) is 0 Å². The van der Waals surface area contributed by atoms with Gasteiger partial charge in [0.1, 0.15) is 12.7 Å². The van der Waals surface area contributed by atoms with Crippen LogP contribution in [0.5, 0.6) is 11.5 Å². The smallest absolute Gasteiger partial charge is 0.161 e. The summed E-state index contributed by atoms with van der Waals surface area (Å²) >= 11 is 0. The van der Waals surface area contributed by atoms with E-state index in [2.05, 4.69) is 5.32 Å². The lowest BCUT2D eigenvalue weighted by atomic mass is 10.2. The molecule has 1 fully saturated rings. The van der Waals surface area contributed by atoms with Gasteiger partial charge in [0.2, 0.25) is 0 Å². The van der Waals surface area contributed by atoms with Crippen molar-refractivity contribution < 1.29 is 19.7 Å². The molecule has 0 radical (unpaired) electrons. The zero-order valence-electron chi connectivity index (χ0n) is 11.8.